The second-order valence-corrected chi connectivity index (χ2v) is 5.19. The average Bonchev–Trinajstić information content (AvgIpc) is 2.58. The van der Waals surface area contributed by atoms with Gasteiger partial charge in [0.2, 0.25) is 5.91 Å². The third-order valence-corrected chi connectivity index (χ3v) is 4.10. The molecule has 2 unspecified atom stereocenters. The van der Waals surface area contributed by atoms with E-state index in [9.17, 15) is 4.79 Å². The van der Waals surface area contributed by atoms with Crippen LogP contribution in [-0.2, 0) is 9.53 Å². The molecule has 2 fully saturated rings. The first-order valence-electron chi connectivity index (χ1n) is 6.25. The Morgan fingerprint density at radius 2 is 2.19 bits per heavy atom. The van der Waals surface area contributed by atoms with E-state index in [1.165, 1.54) is 6.42 Å². The second-order valence-electron chi connectivity index (χ2n) is 5.19. The molecule has 92 valence electrons. The van der Waals surface area contributed by atoms with Crippen molar-refractivity contribution in [2.24, 2.45) is 5.73 Å². The minimum atomic E-state index is -0.174. The Morgan fingerprint density at radius 1 is 1.44 bits per heavy atom. The minimum Gasteiger partial charge on any atom is -0.378 e. The van der Waals surface area contributed by atoms with Crippen molar-refractivity contribution < 1.29 is 9.53 Å². The Hall–Kier alpha value is -0.610. The molecule has 0 saturated heterocycles. The van der Waals surface area contributed by atoms with E-state index >= 15 is 0 Å². The number of carbonyl (C=O) groups is 1. The number of ether oxygens (including phenoxy) is 1. The van der Waals surface area contributed by atoms with Crippen LogP contribution < -0.4 is 11.1 Å². The summed E-state index contributed by atoms with van der Waals surface area (Å²) >= 11 is 0. The van der Waals surface area contributed by atoms with Gasteiger partial charge in [0.05, 0.1) is 12.0 Å². The highest BCUT2D eigenvalue weighted by molar-refractivity contribution is 5.77. The lowest BCUT2D eigenvalue weighted by Gasteiger charge is -2.40. The van der Waals surface area contributed by atoms with Crippen molar-refractivity contribution in [2.75, 3.05) is 7.11 Å². The molecule has 2 aliphatic rings. The van der Waals surface area contributed by atoms with Crippen LogP contribution in [0.2, 0.25) is 0 Å². The van der Waals surface area contributed by atoms with Gasteiger partial charge in [-0.1, -0.05) is 0 Å². The van der Waals surface area contributed by atoms with E-state index in [0.717, 1.165) is 32.1 Å². The third kappa shape index (κ3) is 2.38. The average molecular weight is 226 g/mol. The van der Waals surface area contributed by atoms with Gasteiger partial charge >= 0.3 is 0 Å². The van der Waals surface area contributed by atoms with E-state index in [2.05, 4.69) is 5.32 Å². The van der Waals surface area contributed by atoms with Gasteiger partial charge in [0.1, 0.15) is 0 Å². The first-order chi connectivity index (χ1) is 7.65. The summed E-state index contributed by atoms with van der Waals surface area (Å²) in [5.74, 6) is 0.101. The molecule has 1 amide bonds. The number of hydrogen-bond acceptors (Lipinski definition) is 3. The molecule has 4 nitrogen and oxygen atoms in total. The predicted molar refractivity (Wildman–Crippen MR) is 62.0 cm³/mol. The maximum Gasteiger partial charge on any atom is 0.223 e. The Labute approximate surface area is 96.9 Å². The number of amides is 1. The maximum atomic E-state index is 11.9. The molecule has 4 heteroatoms. The first-order valence-corrected chi connectivity index (χ1v) is 6.25. The number of methoxy groups -OCH3 is 1. The number of nitrogens with two attached hydrogens (primary N) is 1. The van der Waals surface area contributed by atoms with Crippen LogP contribution in [0, 0.1) is 0 Å². The molecular formula is C12H22N2O2. The molecular weight excluding hydrogens is 204 g/mol. The van der Waals surface area contributed by atoms with Gasteiger partial charge in [-0.25, -0.2) is 0 Å². The SMILES string of the molecule is COC1(CC(=O)NC2CCCC2N)CCC1. The normalized spacial score (nSPS) is 32.1. The fraction of sp³-hybridized carbons (Fsp3) is 0.917. The molecule has 2 saturated carbocycles. The van der Waals surface area contributed by atoms with Crippen LogP contribution in [0.1, 0.15) is 44.9 Å². The summed E-state index contributed by atoms with van der Waals surface area (Å²) in [4.78, 5) is 11.9. The van der Waals surface area contributed by atoms with E-state index in [4.69, 9.17) is 10.5 Å². The van der Waals surface area contributed by atoms with Crippen molar-refractivity contribution >= 4 is 5.91 Å². The molecule has 0 spiro atoms. The summed E-state index contributed by atoms with van der Waals surface area (Å²) in [6.45, 7) is 0. The third-order valence-electron chi connectivity index (χ3n) is 4.10. The summed E-state index contributed by atoms with van der Waals surface area (Å²) in [6.07, 6.45) is 6.85. The molecule has 2 atom stereocenters. The van der Waals surface area contributed by atoms with Crippen molar-refractivity contribution in [2.45, 2.75) is 62.6 Å². The molecule has 0 heterocycles. The number of nitrogens with one attached hydrogen (secondary N) is 1. The zero-order valence-electron chi connectivity index (χ0n) is 10.00. The van der Waals surface area contributed by atoms with Gasteiger partial charge in [-0.15, -0.1) is 0 Å². The van der Waals surface area contributed by atoms with Crippen LogP contribution in [0.25, 0.3) is 0 Å². The Morgan fingerprint density at radius 3 is 2.62 bits per heavy atom. The second kappa shape index (κ2) is 4.72. The summed E-state index contributed by atoms with van der Waals surface area (Å²) in [5.41, 5.74) is 5.75. The van der Waals surface area contributed by atoms with E-state index in [1.807, 2.05) is 0 Å². The first kappa shape index (κ1) is 11.9. The van der Waals surface area contributed by atoms with Gasteiger partial charge in [-0.05, 0) is 38.5 Å². The van der Waals surface area contributed by atoms with E-state index in [-0.39, 0.29) is 23.6 Å². The maximum absolute atomic E-state index is 11.9. The zero-order chi connectivity index (χ0) is 11.6. The van der Waals surface area contributed by atoms with Crippen LogP contribution in [0.4, 0.5) is 0 Å². The summed E-state index contributed by atoms with van der Waals surface area (Å²) < 4.78 is 5.44. The van der Waals surface area contributed by atoms with Gasteiger partial charge in [0.25, 0.3) is 0 Å². The Bertz CT molecular complexity index is 258. The van der Waals surface area contributed by atoms with Gasteiger partial charge in [0.15, 0.2) is 0 Å². The highest BCUT2D eigenvalue weighted by atomic mass is 16.5. The van der Waals surface area contributed by atoms with Crippen LogP contribution in [0.3, 0.4) is 0 Å². The number of carbonyl (C=O) groups excluding carboxylic acids is 1. The van der Waals surface area contributed by atoms with E-state index in [0.29, 0.717) is 6.42 Å². The molecule has 0 aromatic heterocycles. The number of rotatable bonds is 4. The summed E-state index contributed by atoms with van der Waals surface area (Å²) in [5, 5.41) is 3.04. The summed E-state index contributed by atoms with van der Waals surface area (Å²) in [7, 11) is 1.70. The Kier molecular flexibility index (Phi) is 3.50. The van der Waals surface area contributed by atoms with Crippen LogP contribution in [-0.4, -0.2) is 30.7 Å². The monoisotopic (exact) mass is 226 g/mol. The van der Waals surface area contributed by atoms with E-state index < -0.39 is 0 Å². The molecule has 0 radical (unpaired) electrons. The fourth-order valence-corrected chi connectivity index (χ4v) is 2.74. The highest BCUT2D eigenvalue weighted by Gasteiger charge is 2.39. The quantitative estimate of drug-likeness (QED) is 0.750. The molecule has 2 aliphatic carbocycles. The van der Waals surface area contributed by atoms with Gasteiger partial charge in [-0.2, -0.15) is 0 Å². The largest absolute Gasteiger partial charge is 0.378 e. The van der Waals surface area contributed by atoms with Crippen molar-refractivity contribution in [1.82, 2.24) is 5.32 Å². The zero-order valence-corrected chi connectivity index (χ0v) is 10.00. The Balaban J connectivity index is 1.79. The molecule has 0 aromatic carbocycles. The lowest BCUT2D eigenvalue weighted by Crippen LogP contribution is -2.49. The smallest absolute Gasteiger partial charge is 0.223 e. The van der Waals surface area contributed by atoms with Crippen LogP contribution >= 0.6 is 0 Å². The molecule has 3 N–H and O–H groups in total. The standard InChI is InChI=1S/C12H22N2O2/c1-16-12(6-3-7-12)8-11(15)14-10-5-2-4-9(10)13/h9-10H,2-8,13H2,1H3,(H,14,15). The lowest BCUT2D eigenvalue weighted by atomic mass is 9.77. The van der Waals surface area contributed by atoms with Crippen LogP contribution in [0.5, 0.6) is 0 Å². The van der Waals surface area contributed by atoms with Crippen molar-refractivity contribution in [3.63, 3.8) is 0 Å². The molecule has 16 heavy (non-hydrogen) atoms. The fourth-order valence-electron chi connectivity index (χ4n) is 2.74. The van der Waals surface area contributed by atoms with Gasteiger partial charge in [0, 0.05) is 19.2 Å². The van der Waals surface area contributed by atoms with Crippen molar-refractivity contribution in [3.8, 4) is 0 Å². The molecule has 0 aromatic rings. The highest BCUT2D eigenvalue weighted by Crippen LogP contribution is 2.38. The van der Waals surface area contributed by atoms with Gasteiger partial charge in [-0.3, -0.25) is 4.79 Å². The van der Waals surface area contributed by atoms with Crippen molar-refractivity contribution in [1.29, 1.82) is 0 Å². The minimum absolute atomic E-state index is 0.101. The molecule has 0 bridgehead atoms. The predicted octanol–water partition coefficient (Wildman–Crippen LogP) is 0.942. The summed E-state index contributed by atoms with van der Waals surface area (Å²) in [6, 6.07) is 0.324. The molecule has 2 rings (SSSR count). The number of hydrogen-bond donors (Lipinski definition) is 2. The van der Waals surface area contributed by atoms with Crippen LogP contribution in [0.15, 0.2) is 0 Å². The van der Waals surface area contributed by atoms with Gasteiger partial charge < -0.3 is 15.8 Å². The van der Waals surface area contributed by atoms with Crippen molar-refractivity contribution in [3.05, 3.63) is 0 Å². The van der Waals surface area contributed by atoms with E-state index in [1.54, 1.807) is 7.11 Å². The molecule has 0 aliphatic heterocycles. The topological polar surface area (TPSA) is 64.3 Å². The lowest BCUT2D eigenvalue weighted by molar-refractivity contribution is -0.135.